The number of rotatable bonds is 6. The minimum atomic E-state index is 0.662. The zero-order valence-corrected chi connectivity index (χ0v) is 13.0. The fourth-order valence-electron chi connectivity index (χ4n) is 2.46. The molecule has 1 aliphatic rings. The summed E-state index contributed by atoms with van der Waals surface area (Å²) in [5.41, 5.74) is 0. The van der Waals surface area contributed by atoms with Gasteiger partial charge in [0.25, 0.3) is 0 Å². The van der Waals surface area contributed by atoms with Crippen LogP contribution in [0, 0.1) is 5.92 Å². The summed E-state index contributed by atoms with van der Waals surface area (Å²) in [7, 11) is 0. The molecule has 2 aromatic heterocycles. The van der Waals surface area contributed by atoms with Crippen LogP contribution in [-0.2, 0) is 6.54 Å². The highest BCUT2D eigenvalue weighted by Gasteiger charge is 2.15. The van der Waals surface area contributed by atoms with Gasteiger partial charge in [0.15, 0.2) is 4.34 Å². The van der Waals surface area contributed by atoms with E-state index in [-0.39, 0.29) is 0 Å². The van der Waals surface area contributed by atoms with Crippen LogP contribution in [0.2, 0.25) is 0 Å². The van der Waals surface area contributed by atoms with Gasteiger partial charge >= 0.3 is 0 Å². The molecular formula is C14H19N3OS2. The quantitative estimate of drug-likeness (QED) is 0.801. The van der Waals surface area contributed by atoms with Crippen LogP contribution in [0.1, 0.15) is 37.9 Å². The number of anilines is 1. The molecule has 20 heavy (non-hydrogen) atoms. The van der Waals surface area contributed by atoms with Crippen molar-refractivity contribution in [2.45, 2.75) is 43.0 Å². The van der Waals surface area contributed by atoms with E-state index in [0.29, 0.717) is 6.54 Å². The van der Waals surface area contributed by atoms with Gasteiger partial charge in [-0.25, -0.2) is 0 Å². The summed E-state index contributed by atoms with van der Waals surface area (Å²) in [5, 5.41) is 12.5. The van der Waals surface area contributed by atoms with Crippen molar-refractivity contribution in [1.82, 2.24) is 10.2 Å². The summed E-state index contributed by atoms with van der Waals surface area (Å²) < 4.78 is 6.34. The van der Waals surface area contributed by atoms with Gasteiger partial charge < -0.3 is 9.73 Å². The van der Waals surface area contributed by atoms with Gasteiger partial charge in [0.2, 0.25) is 5.13 Å². The van der Waals surface area contributed by atoms with Gasteiger partial charge in [0, 0.05) is 5.75 Å². The molecule has 0 atom stereocenters. The highest BCUT2D eigenvalue weighted by molar-refractivity contribution is 8.01. The minimum Gasteiger partial charge on any atom is -0.467 e. The summed E-state index contributed by atoms with van der Waals surface area (Å²) in [6, 6.07) is 3.84. The Morgan fingerprint density at radius 3 is 3.00 bits per heavy atom. The molecule has 3 rings (SSSR count). The Hall–Kier alpha value is -1.01. The molecule has 1 N–H and O–H groups in total. The summed E-state index contributed by atoms with van der Waals surface area (Å²) >= 11 is 3.48. The van der Waals surface area contributed by atoms with Crippen molar-refractivity contribution in [1.29, 1.82) is 0 Å². The number of thioether (sulfide) groups is 1. The molecule has 108 valence electrons. The van der Waals surface area contributed by atoms with Crippen molar-refractivity contribution < 1.29 is 4.42 Å². The molecule has 1 saturated carbocycles. The highest BCUT2D eigenvalue weighted by Crippen LogP contribution is 2.32. The SMILES string of the molecule is c1coc(CNc2nnc(SCC3CCCCC3)s2)c1. The average Bonchev–Trinajstić information content (AvgIpc) is 3.16. The van der Waals surface area contributed by atoms with Crippen LogP contribution in [0.5, 0.6) is 0 Å². The normalized spacial score (nSPS) is 16.4. The van der Waals surface area contributed by atoms with E-state index >= 15 is 0 Å². The van der Waals surface area contributed by atoms with Gasteiger partial charge in [0.05, 0.1) is 12.8 Å². The Balaban J connectivity index is 1.44. The van der Waals surface area contributed by atoms with Crippen LogP contribution in [-0.4, -0.2) is 16.0 Å². The van der Waals surface area contributed by atoms with Gasteiger partial charge in [-0.15, -0.1) is 10.2 Å². The van der Waals surface area contributed by atoms with Gasteiger partial charge in [-0.1, -0.05) is 42.4 Å². The molecule has 6 heteroatoms. The fraction of sp³-hybridized carbons (Fsp3) is 0.571. The van der Waals surface area contributed by atoms with Crippen LogP contribution in [0.15, 0.2) is 27.2 Å². The number of nitrogens with zero attached hydrogens (tertiary/aromatic N) is 2. The summed E-state index contributed by atoms with van der Waals surface area (Å²) in [6.45, 7) is 0.662. The maximum Gasteiger partial charge on any atom is 0.206 e. The lowest BCUT2D eigenvalue weighted by molar-refractivity contribution is 0.391. The zero-order chi connectivity index (χ0) is 13.6. The minimum absolute atomic E-state index is 0.662. The zero-order valence-electron chi connectivity index (χ0n) is 11.4. The second-order valence-electron chi connectivity index (χ2n) is 5.12. The molecule has 0 unspecified atom stereocenters. The van der Waals surface area contributed by atoms with E-state index in [0.717, 1.165) is 21.1 Å². The topological polar surface area (TPSA) is 51.0 Å². The van der Waals surface area contributed by atoms with Crippen LogP contribution < -0.4 is 5.32 Å². The van der Waals surface area contributed by atoms with Crippen molar-refractivity contribution in [3.63, 3.8) is 0 Å². The third-order valence-electron chi connectivity index (χ3n) is 3.57. The lowest BCUT2D eigenvalue weighted by Crippen LogP contribution is -2.08. The van der Waals surface area contributed by atoms with Crippen molar-refractivity contribution >= 4 is 28.2 Å². The van der Waals surface area contributed by atoms with Crippen molar-refractivity contribution in [3.8, 4) is 0 Å². The Bertz CT molecular complexity index is 506. The van der Waals surface area contributed by atoms with Gasteiger partial charge in [-0.3, -0.25) is 0 Å². The number of aromatic nitrogens is 2. The van der Waals surface area contributed by atoms with E-state index in [1.807, 2.05) is 23.9 Å². The van der Waals surface area contributed by atoms with E-state index < -0.39 is 0 Å². The molecule has 0 saturated heterocycles. The second-order valence-corrected chi connectivity index (χ2v) is 7.37. The van der Waals surface area contributed by atoms with E-state index in [1.165, 1.54) is 37.9 Å². The van der Waals surface area contributed by atoms with Crippen LogP contribution in [0.4, 0.5) is 5.13 Å². The van der Waals surface area contributed by atoms with Crippen LogP contribution in [0.3, 0.4) is 0 Å². The molecule has 0 aliphatic heterocycles. The van der Waals surface area contributed by atoms with Crippen molar-refractivity contribution in [2.24, 2.45) is 5.92 Å². The first-order valence-electron chi connectivity index (χ1n) is 7.13. The number of hydrogen-bond donors (Lipinski definition) is 1. The maximum absolute atomic E-state index is 5.28. The third kappa shape index (κ3) is 3.99. The Morgan fingerprint density at radius 2 is 2.20 bits per heavy atom. The molecule has 0 amide bonds. The van der Waals surface area contributed by atoms with Gasteiger partial charge in [-0.2, -0.15) is 0 Å². The molecule has 4 nitrogen and oxygen atoms in total. The Kier molecular flexibility index (Phi) is 4.97. The molecule has 2 aromatic rings. The summed E-state index contributed by atoms with van der Waals surface area (Å²) in [4.78, 5) is 0. The first kappa shape index (κ1) is 13.9. The second kappa shape index (κ2) is 7.13. The Labute approximate surface area is 127 Å². The van der Waals surface area contributed by atoms with Gasteiger partial charge in [0.1, 0.15) is 5.76 Å². The highest BCUT2D eigenvalue weighted by atomic mass is 32.2. The lowest BCUT2D eigenvalue weighted by Gasteiger charge is -2.20. The summed E-state index contributed by atoms with van der Waals surface area (Å²) in [5.74, 6) is 2.97. The molecular weight excluding hydrogens is 290 g/mol. The molecule has 0 bridgehead atoms. The molecule has 2 heterocycles. The van der Waals surface area contributed by atoms with Crippen molar-refractivity contribution in [3.05, 3.63) is 24.2 Å². The third-order valence-corrected chi connectivity index (χ3v) is 5.81. The number of nitrogens with one attached hydrogen (secondary N) is 1. The average molecular weight is 309 g/mol. The largest absolute Gasteiger partial charge is 0.467 e. The summed E-state index contributed by atoms with van der Waals surface area (Å²) in [6.07, 6.45) is 8.67. The van der Waals surface area contributed by atoms with E-state index in [9.17, 15) is 0 Å². The molecule has 0 radical (unpaired) electrons. The smallest absolute Gasteiger partial charge is 0.206 e. The van der Waals surface area contributed by atoms with Crippen molar-refractivity contribution in [2.75, 3.05) is 11.1 Å². The molecule has 0 aromatic carbocycles. The first-order valence-corrected chi connectivity index (χ1v) is 8.93. The lowest BCUT2D eigenvalue weighted by atomic mass is 9.91. The maximum atomic E-state index is 5.28. The monoisotopic (exact) mass is 309 g/mol. The molecule has 1 aliphatic carbocycles. The van der Waals surface area contributed by atoms with E-state index in [4.69, 9.17) is 4.42 Å². The van der Waals surface area contributed by atoms with E-state index in [1.54, 1.807) is 17.6 Å². The van der Waals surface area contributed by atoms with Crippen LogP contribution >= 0.6 is 23.1 Å². The molecule has 0 spiro atoms. The molecule has 1 fully saturated rings. The predicted octanol–water partition coefficient (Wildman–Crippen LogP) is 4.42. The fourth-order valence-corrected chi connectivity index (χ4v) is 4.42. The van der Waals surface area contributed by atoms with Crippen LogP contribution in [0.25, 0.3) is 0 Å². The Morgan fingerprint density at radius 1 is 1.30 bits per heavy atom. The predicted molar refractivity (Wildman–Crippen MR) is 83.2 cm³/mol. The first-order chi connectivity index (χ1) is 9.90. The number of furan rings is 1. The standard InChI is InChI=1S/C14H19N3OS2/c1-2-5-11(6-3-1)10-19-14-17-16-13(20-14)15-9-12-7-4-8-18-12/h4,7-8,11H,1-3,5-6,9-10H2,(H,15,16). The van der Waals surface area contributed by atoms with E-state index in [2.05, 4.69) is 15.5 Å². The number of hydrogen-bond acceptors (Lipinski definition) is 6. The van der Waals surface area contributed by atoms with Gasteiger partial charge in [-0.05, 0) is 30.9 Å².